The summed E-state index contributed by atoms with van der Waals surface area (Å²) in [5.74, 6) is 0.930. The first-order valence-electron chi connectivity index (χ1n) is 7.05. The minimum atomic E-state index is -0.202. The first kappa shape index (κ1) is 16.4. The van der Waals surface area contributed by atoms with Crippen molar-refractivity contribution in [2.24, 2.45) is 0 Å². The molecule has 0 aliphatic carbocycles. The van der Waals surface area contributed by atoms with E-state index in [0.29, 0.717) is 17.3 Å². The normalized spacial score (nSPS) is 10.6. The molecule has 1 aromatic heterocycles. The zero-order chi connectivity index (χ0) is 16.3. The first-order valence-corrected chi connectivity index (χ1v) is 7.84. The number of nitrogens with zero attached hydrogens (tertiary/aromatic N) is 2. The molecule has 0 saturated carbocycles. The molecule has 0 unspecified atom stereocenters. The van der Waals surface area contributed by atoms with E-state index in [1.54, 1.807) is 13.0 Å². The molecule has 5 nitrogen and oxygen atoms in total. The number of aromatic nitrogens is 2. The van der Waals surface area contributed by atoms with Crippen molar-refractivity contribution in [1.82, 2.24) is 15.3 Å². The average Bonchev–Trinajstić information content (AvgIpc) is 2.40. The van der Waals surface area contributed by atoms with Gasteiger partial charge in [-0.2, -0.15) is 0 Å². The Morgan fingerprint density at radius 1 is 1.18 bits per heavy atom. The molecule has 2 aromatic rings. The van der Waals surface area contributed by atoms with Crippen molar-refractivity contribution in [3.8, 4) is 0 Å². The van der Waals surface area contributed by atoms with Gasteiger partial charge >= 0.3 is 0 Å². The number of benzene rings is 1. The van der Waals surface area contributed by atoms with Crippen LogP contribution < -0.4 is 10.6 Å². The number of halogens is 1. The number of carbonyl (C=O) groups is 1. The van der Waals surface area contributed by atoms with Gasteiger partial charge in [-0.15, -0.1) is 0 Å². The van der Waals surface area contributed by atoms with Crippen LogP contribution in [0.2, 0.25) is 0 Å². The van der Waals surface area contributed by atoms with Crippen LogP contribution in [0.4, 0.5) is 11.5 Å². The van der Waals surface area contributed by atoms with Crippen molar-refractivity contribution in [3.63, 3.8) is 0 Å². The van der Waals surface area contributed by atoms with E-state index in [4.69, 9.17) is 0 Å². The zero-order valence-electron chi connectivity index (χ0n) is 13.1. The molecule has 6 heteroatoms. The molecule has 1 heterocycles. The largest absolute Gasteiger partial charge is 0.349 e. The molecule has 0 bridgehead atoms. The summed E-state index contributed by atoms with van der Waals surface area (Å²) in [4.78, 5) is 20.6. The highest BCUT2D eigenvalue weighted by atomic mass is 79.9. The lowest BCUT2D eigenvalue weighted by atomic mass is 10.2. The Morgan fingerprint density at radius 2 is 1.91 bits per heavy atom. The maximum Gasteiger partial charge on any atom is 0.270 e. The van der Waals surface area contributed by atoms with Gasteiger partial charge in [-0.3, -0.25) is 4.79 Å². The Bertz CT molecular complexity index is 701. The van der Waals surface area contributed by atoms with Crippen LogP contribution in [0.25, 0.3) is 0 Å². The smallest absolute Gasteiger partial charge is 0.270 e. The van der Waals surface area contributed by atoms with E-state index < -0.39 is 0 Å². The van der Waals surface area contributed by atoms with E-state index in [-0.39, 0.29) is 11.9 Å². The van der Waals surface area contributed by atoms with Crippen molar-refractivity contribution in [2.45, 2.75) is 33.7 Å². The van der Waals surface area contributed by atoms with Gasteiger partial charge in [0.1, 0.15) is 17.3 Å². The summed E-state index contributed by atoms with van der Waals surface area (Å²) in [5, 5.41) is 6.04. The van der Waals surface area contributed by atoms with Crippen LogP contribution in [-0.4, -0.2) is 21.9 Å². The molecule has 0 aliphatic rings. The highest BCUT2D eigenvalue weighted by Crippen LogP contribution is 2.26. The quantitative estimate of drug-likeness (QED) is 0.869. The molecule has 2 N–H and O–H groups in total. The molecule has 22 heavy (non-hydrogen) atoms. The summed E-state index contributed by atoms with van der Waals surface area (Å²) in [6, 6.07) is 7.70. The number of rotatable bonds is 4. The number of amides is 1. The van der Waals surface area contributed by atoms with Crippen LogP contribution in [0.15, 0.2) is 28.7 Å². The Kier molecular flexibility index (Phi) is 5.13. The molecule has 0 atom stereocenters. The lowest BCUT2D eigenvalue weighted by Gasteiger charge is -2.12. The van der Waals surface area contributed by atoms with Crippen LogP contribution in [0.1, 0.15) is 35.7 Å². The third-order valence-corrected chi connectivity index (χ3v) is 3.53. The predicted molar refractivity (Wildman–Crippen MR) is 91.5 cm³/mol. The van der Waals surface area contributed by atoms with Crippen LogP contribution in [0, 0.1) is 13.8 Å². The van der Waals surface area contributed by atoms with Gasteiger partial charge < -0.3 is 10.6 Å². The van der Waals surface area contributed by atoms with Gasteiger partial charge in [0.2, 0.25) is 0 Å². The maximum atomic E-state index is 12.1. The fourth-order valence-corrected chi connectivity index (χ4v) is 2.54. The standard InChI is InChI=1S/C16H19BrN4O/c1-9(2)18-16(22)14-8-15(20-11(4)19-14)21-13-6-5-10(3)7-12(13)17/h5-9H,1-4H3,(H,18,22)(H,19,20,21). The van der Waals surface area contributed by atoms with E-state index >= 15 is 0 Å². The second-order valence-corrected chi connectivity index (χ2v) is 6.28. The second kappa shape index (κ2) is 6.87. The summed E-state index contributed by atoms with van der Waals surface area (Å²) >= 11 is 3.52. The summed E-state index contributed by atoms with van der Waals surface area (Å²) < 4.78 is 0.942. The van der Waals surface area contributed by atoms with Gasteiger partial charge in [0.05, 0.1) is 5.69 Å². The highest BCUT2D eigenvalue weighted by Gasteiger charge is 2.12. The van der Waals surface area contributed by atoms with Gasteiger partial charge in [0.25, 0.3) is 5.91 Å². The molecule has 0 saturated heterocycles. The van der Waals surface area contributed by atoms with Crippen LogP contribution in [0.5, 0.6) is 0 Å². The third kappa shape index (κ3) is 4.27. The van der Waals surface area contributed by atoms with Crippen LogP contribution in [0.3, 0.4) is 0 Å². The van der Waals surface area contributed by atoms with Gasteiger partial charge in [-0.25, -0.2) is 9.97 Å². The predicted octanol–water partition coefficient (Wildman–Crippen LogP) is 3.74. The van der Waals surface area contributed by atoms with Gasteiger partial charge in [-0.05, 0) is 61.3 Å². The van der Waals surface area contributed by atoms with E-state index in [9.17, 15) is 4.79 Å². The molecule has 0 spiro atoms. The zero-order valence-corrected chi connectivity index (χ0v) is 14.7. The first-order chi connectivity index (χ1) is 10.3. The topological polar surface area (TPSA) is 66.9 Å². The summed E-state index contributed by atoms with van der Waals surface area (Å²) in [5.41, 5.74) is 2.40. The number of hydrogen-bond donors (Lipinski definition) is 2. The van der Waals surface area contributed by atoms with Gasteiger partial charge in [0, 0.05) is 16.6 Å². The number of anilines is 2. The SMILES string of the molecule is Cc1ccc(Nc2cc(C(=O)NC(C)C)nc(C)n2)c(Br)c1. The van der Waals surface area contributed by atoms with E-state index in [2.05, 4.69) is 36.5 Å². The Labute approximate surface area is 138 Å². The molecule has 0 aliphatic heterocycles. The van der Waals surface area contributed by atoms with Crippen molar-refractivity contribution in [1.29, 1.82) is 0 Å². The fraction of sp³-hybridized carbons (Fsp3) is 0.312. The second-order valence-electron chi connectivity index (χ2n) is 5.42. The summed E-state index contributed by atoms with van der Waals surface area (Å²) in [6.07, 6.45) is 0. The van der Waals surface area contributed by atoms with Gasteiger partial charge in [-0.1, -0.05) is 6.07 Å². The van der Waals surface area contributed by atoms with Crippen LogP contribution >= 0.6 is 15.9 Å². The average molecular weight is 363 g/mol. The summed E-state index contributed by atoms with van der Waals surface area (Å²) in [6.45, 7) is 7.61. The van der Waals surface area contributed by atoms with Crippen molar-refractivity contribution in [3.05, 3.63) is 45.8 Å². The Balaban J connectivity index is 2.28. The van der Waals surface area contributed by atoms with Gasteiger partial charge in [0.15, 0.2) is 0 Å². The number of carbonyl (C=O) groups excluding carboxylic acids is 1. The minimum Gasteiger partial charge on any atom is -0.349 e. The lowest BCUT2D eigenvalue weighted by molar-refractivity contribution is 0.0937. The van der Waals surface area contributed by atoms with E-state index in [1.807, 2.05) is 39.0 Å². The maximum absolute atomic E-state index is 12.1. The Morgan fingerprint density at radius 3 is 2.55 bits per heavy atom. The van der Waals surface area contributed by atoms with E-state index in [0.717, 1.165) is 15.7 Å². The van der Waals surface area contributed by atoms with Crippen molar-refractivity contribution in [2.75, 3.05) is 5.32 Å². The molecule has 1 amide bonds. The van der Waals surface area contributed by atoms with Crippen molar-refractivity contribution < 1.29 is 4.79 Å². The molecule has 0 fully saturated rings. The highest BCUT2D eigenvalue weighted by molar-refractivity contribution is 9.10. The molecule has 2 rings (SSSR count). The molecular weight excluding hydrogens is 344 g/mol. The monoisotopic (exact) mass is 362 g/mol. The van der Waals surface area contributed by atoms with E-state index in [1.165, 1.54) is 0 Å². The number of aryl methyl sites for hydroxylation is 2. The third-order valence-electron chi connectivity index (χ3n) is 2.88. The lowest BCUT2D eigenvalue weighted by Crippen LogP contribution is -2.31. The molecule has 1 aromatic carbocycles. The fourth-order valence-electron chi connectivity index (χ4n) is 1.94. The Hall–Kier alpha value is -1.95. The number of nitrogens with one attached hydrogen (secondary N) is 2. The number of hydrogen-bond acceptors (Lipinski definition) is 4. The molecule has 0 radical (unpaired) electrons. The van der Waals surface area contributed by atoms with Crippen molar-refractivity contribution >= 4 is 33.3 Å². The van der Waals surface area contributed by atoms with Crippen LogP contribution in [-0.2, 0) is 0 Å². The molecular formula is C16H19BrN4O. The minimum absolute atomic E-state index is 0.0606. The molecule has 116 valence electrons. The summed E-state index contributed by atoms with van der Waals surface area (Å²) in [7, 11) is 0.